The molecule has 5 heteroatoms. The maximum absolute atomic E-state index is 12.9. The van der Waals surface area contributed by atoms with Gasteiger partial charge in [-0.25, -0.2) is 4.39 Å². The summed E-state index contributed by atoms with van der Waals surface area (Å²) in [5.74, 6) is -0.835. The molecular weight excluding hydrogens is 257 g/mol. The fraction of sp³-hybridized carbons (Fsp3) is 0.308. The minimum atomic E-state index is -0.956. The molecule has 3 nitrogen and oxygen atoms in total. The second-order valence-electron chi connectivity index (χ2n) is 4.54. The van der Waals surface area contributed by atoms with E-state index in [0.29, 0.717) is 5.56 Å². The van der Waals surface area contributed by atoms with Crippen molar-refractivity contribution in [1.82, 2.24) is 5.32 Å². The first kappa shape index (κ1) is 14.7. The molecule has 0 radical (unpaired) electrons. The molecule has 0 spiro atoms. The van der Waals surface area contributed by atoms with Crippen LogP contribution in [0.25, 0.3) is 6.08 Å². The molecule has 1 rings (SSSR count). The lowest BCUT2D eigenvalue weighted by Gasteiger charge is -2.16. The summed E-state index contributed by atoms with van der Waals surface area (Å²) in [6.45, 7) is 3.34. The second kappa shape index (κ2) is 5.98. The number of aliphatic hydroxyl groups is 1. The van der Waals surface area contributed by atoms with Crippen LogP contribution < -0.4 is 5.32 Å². The van der Waals surface area contributed by atoms with E-state index < -0.39 is 11.4 Å². The van der Waals surface area contributed by atoms with Gasteiger partial charge in [-0.05, 0) is 37.6 Å². The SMILES string of the molecule is CC(C)(O)CNC(=O)C=Cc1ccc(F)c(Cl)c1. The van der Waals surface area contributed by atoms with Crippen LogP contribution in [0.3, 0.4) is 0 Å². The molecule has 0 unspecified atom stereocenters. The molecule has 0 bridgehead atoms. The van der Waals surface area contributed by atoms with Gasteiger partial charge in [-0.3, -0.25) is 4.79 Å². The monoisotopic (exact) mass is 271 g/mol. The van der Waals surface area contributed by atoms with Gasteiger partial charge >= 0.3 is 0 Å². The number of carbonyl (C=O) groups excluding carboxylic acids is 1. The molecular formula is C13H15ClFNO2. The lowest BCUT2D eigenvalue weighted by Crippen LogP contribution is -2.37. The highest BCUT2D eigenvalue weighted by Crippen LogP contribution is 2.16. The summed E-state index contributed by atoms with van der Waals surface area (Å²) in [6.07, 6.45) is 2.82. The quantitative estimate of drug-likeness (QED) is 0.826. The number of rotatable bonds is 4. The minimum absolute atomic E-state index is 0.00838. The van der Waals surface area contributed by atoms with Gasteiger partial charge in [0.15, 0.2) is 0 Å². The Kier molecular flexibility index (Phi) is 4.87. The average molecular weight is 272 g/mol. The molecule has 0 saturated carbocycles. The van der Waals surface area contributed by atoms with Crippen molar-refractivity contribution in [3.63, 3.8) is 0 Å². The predicted octanol–water partition coefficient (Wildman–Crippen LogP) is 2.38. The molecule has 0 atom stereocenters. The molecule has 1 aromatic rings. The van der Waals surface area contributed by atoms with Crippen LogP contribution in [0.1, 0.15) is 19.4 Å². The number of benzene rings is 1. The molecule has 0 aromatic heterocycles. The van der Waals surface area contributed by atoms with E-state index in [1.54, 1.807) is 13.8 Å². The van der Waals surface area contributed by atoms with Crippen LogP contribution in [-0.2, 0) is 4.79 Å². The molecule has 1 aromatic carbocycles. The van der Waals surface area contributed by atoms with Crippen molar-refractivity contribution in [2.75, 3.05) is 6.54 Å². The number of halogens is 2. The molecule has 0 aliphatic heterocycles. The second-order valence-corrected chi connectivity index (χ2v) is 4.94. The Balaban J connectivity index is 2.58. The Bertz CT molecular complexity index is 467. The van der Waals surface area contributed by atoms with Gasteiger partial charge in [0.25, 0.3) is 0 Å². The number of amides is 1. The zero-order valence-corrected chi connectivity index (χ0v) is 11.0. The molecule has 98 valence electrons. The van der Waals surface area contributed by atoms with Crippen LogP contribution in [0.15, 0.2) is 24.3 Å². The molecule has 0 aliphatic rings. The highest BCUT2D eigenvalue weighted by Gasteiger charge is 2.12. The van der Waals surface area contributed by atoms with Crippen molar-refractivity contribution in [1.29, 1.82) is 0 Å². The Hall–Kier alpha value is -1.39. The topological polar surface area (TPSA) is 49.3 Å². The summed E-state index contributed by atoms with van der Waals surface area (Å²) in [7, 11) is 0. The zero-order valence-electron chi connectivity index (χ0n) is 10.2. The average Bonchev–Trinajstić information content (AvgIpc) is 2.27. The Morgan fingerprint density at radius 2 is 2.22 bits per heavy atom. The third kappa shape index (κ3) is 5.29. The van der Waals surface area contributed by atoms with Crippen molar-refractivity contribution in [3.05, 3.63) is 40.7 Å². The van der Waals surface area contributed by atoms with Gasteiger partial charge in [-0.1, -0.05) is 17.7 Å². The standard InChI is InChI=1S/C13H15ClFNO2/c1-13(2,18)8-16-12(17)6-4-9-3-5-11(15)10(14)7-9/h3-7,18H,8H2,1-2H3,(H,16,17). The first-order valence-corrected chi connectivity index (χ1v) is 5.79. The highest BCUT2D eigenvalue weighted by atomic mass is 35.5. The smallest absolute Gasteiger partial charge is 0.244 e. The van der Waals surface area contributed by atoms with Gasteiger partial charge < -0.3 is 10.4 Å². The van der Waals surface area contributed by atoms with E-state index in [2.05, 4.69) is 5.32 Å². The predicted molar refractivity (Wildman–Crippen MR) is 69.8 cm³/mol. The number of carbonyl (C=O) groups is 1. The first-order chi connectivity index (χ1) is 8.28. The van der Waals surface area contributed by atoms with E-state index in [9.17, 15) is 14.3 Å². The first-order valence-electron chi connectivity index (χ1n) is 5.41. The van der Waals surface area contributed by atoms with Gasteiger partial charge in [-0.2, -0.15) is 0 Å². The van der Waals surface area contributed by atoms with Crippen LogP contribution in [0, 0.1) is 5.82 Å². The van der Waals surface area contributed by atoms with Crippen LogP contribution in [0.5, 0.6) is 0 Å². The summed E-state index contributed by atoms with van der Waals surface area (Å²) in [4.78, 5) is 11.4. The van der Waals surface area contributed by atoms with Gasteiger partial charge in [0.2, 0.25) is 5.91 Å². The van der Waals surface area contributed by atoms with E-state index in [0.717, 1.165) is 0 Å². The van der Waals surface area contributed by atoms with E-state index in [1.165, 1.54) is 30.4 Å². The molecule has 0 fully saturated rings. The van der Waals surface area contributed by atoms with Crippen molar-refractivity contribution in [2.24, 2.45) is 0 Å². The van der Waals surface area contributed by atoms with Gasteiger partial charge in [-0.15, -0.1) is 0 Å². The molecule has 0 aliphatic carbocycles. The van der Waals surface area contributed by atoms with Crippen LogP contribution in [0.2, 0.25) is 5.02 Å². The maximum Gasteiger partial charge on any atom is 0.244 e. The lowest BCUT2D eigenvalue weighted by molar-refractivity contribution is -0.117. The third-order valence-electron chi connectivity index (χ3n) is 2.07. The summed E-state index contributed by atoms with van der Waals surface area (Å²) in [5, 5.41) is 12.0. The Morgan fingerprint density at radius 1 is 1.56 bits per heavy atom. The number of hydrogen-bond acceptors (Lipinski definition) is 2. The number of nitrogens with one attached hydrogen (secondary N) is 1. The van der Waals surface area contributed by atoms with E-state index in [4.69, 9.17) is 11.6 Å². The van der Waals surface area contributed by atoms with Crippen LogP contribution in [0.4, 0.5) is 4.39 Å². The molecule has 0 saturated heterocycles. The fourth-order valence-corrected chi connectivity index (χ4v) is 1.34. The molecule has 2 N–H and O–H groups in total. The fourth-order valence-electron chi connectivity index (χ4n) is 1.15. The highest BCUT2D eigenvalue weighted by molar-refractivity contribution is 6.30. The van der Waals surface area contributed by atoms with Crippen LogP contribution in [-0.4, -0.2) is 23.2 Å². The largest absolute Gasteiger partial charge is 0.389 e. The van der Waals surface area contributed by atoms with Gasteiger partial charge in [0.1, 0.15) is 5.82 Å². The van der Waals surface area contributed by atoms with Crippen molar-refractivity contribution in [2.45, 2.75) is 19.4 Å². The molecule has 1 amide bonds. The zero-order chi connectivity index (χ0) is 13.8. The minimum Gasteiger partial charge on any atom is -0.389 e. The Labute approximate surface area is 110 Å². The summed E-state index contributed by atoms with van der Waals surface area (Å²) in [5.41, 5.74) is -0.331. The van der Waals surface area contributed by atoms with Crippen molar-refractivity contribution in [3.8, 4) is 0 Å². The summed E-state index contributed by atoms with van der Waals surface area (Å²) < 4.78 is 12.9. The molecule has 18 heavy (non-hydrogen) atoms. The normalized spacial score (nSPS) is 11.8. The summed E-state index contributed by atoms with van der Waals surface area (Å²) >= 11 is 5.61. The van der Waals surface area contributed by atoms with E-state index in [-0.39, 0.29) is 17.5 Å². The van der Waals surface area contributed by atoms with E-state index in [1.807, 2.05) is 0 Å². The lowest BCUT2D eigenvalue weighted by atomic mass is 10.1. The van der Waals surface area contributed by atoms with Gasteiger partial charge in [0, 0.05) is 12.6 Å². The van der Waals surface area contributed by atoms with E-state index >= 15 is 0 Å². The van der Waals surface area contributed by atoms with Crippen molar-refractivity contribution < 1.29 is 14.3 Å². The van der Waals surface area contributed by atoms with Crippen molar-refractivity contribution >= 4 is 23.6 Å². The van der Waals surface area contributed by atoms with Crippen LogP contribution >= 0.6 is 11.6 Å². The molecule has 0 heterocycles. The Morgan fingerprint density at radius 3 is 2.78 bits per heavy atom. The third-order valence-corrected chi connectivity index (χ3v) is 2.36. The van der Waals surface area contributed by atoms with Gasteiger partial charge in [0.05, 0.1) is 10.6 Å². The summed E-state index contributed by atoms with van der Waals surface area (Å²) in [6, 6.07) is 4.17. The maximum atomic E-state index is 12.9. The number of hydrogen-bond donors (Lipinski definition) is 2.